The Morgan fingerprint density at radius 3 is 2.40 bits per heavy atom. The Morgan fingerprint density at radius 2 is 1.70 bits per heavy atom. The molecule has 1 saturated carbocycles. The van der Waals surface area contributed by atoms with Gasteiger partial charge in [-0.05, 0) is 75.3 Å². The predicted octanol–water partition coefficient (Wildman–Crippen LogP) is 3.67. The fraction of sp³-hybridized carbons (Fsp3) is 1.00. The third kappa shape index (κ3) is 3.22. The van der Waals surface area contributed by atoms with Crippen LogP contribution in [-0.2, 0) is 0 Å². The molecular formula is C18H34N2. The Hall–Kier alpha value is -0.0800. The molecule has 0 spiro atoms. The first kappa shape index (κ1) is 14.8. The molecule has 2 saturated heterocycles. The molecule has 3 fully saturated rings. The van der Waals surface area contributed by atoms with Gasteiger partial charge in [0.05, 0.1) is 0 Å². The largest absolute Gasteiger partial charge is 0.312 e. The molecule has 3 aliphatic rings. The van der Waals surface area contributed by atoms with Crippen LogP contribution in [0.1, 0.15) is 65.7 Å². The van der Waals surface area contributed by atoms with Crippen molar-refractivity contribution in [3.63, 3.8) is 0 Å². The molecule has 116 valence electrons. The van der Waals surface area contributed by atoms with E-state index in [1.165, 1.54) is 64.6 Å². The minimum Gasteiger partial charge on any atom is -0.312 e. The Morgan fingerprint density at radius 1 is 0.950 bits per heavy atom. The van der Waals surface area contributed by atoms with Gasteiger partial charge in [0.15, 0.2) is 0 Å². The lowest BCUT2D eigenvalue weighted by Gasteiger charge is -2.37. The summed E-state index contributed by atoms with van der Waals surface area (Å²) in [5.74, 6) is 1.90. The maximum Gasteiger partial charge on any atom is 0.0250 e. The van der Waals surface area contributed by atoms with Gasteiger partial charge in [-0.15, -0.1) is 0 Å². The SMILES string of the molecule is CC(C)(C)C1CCC(CNC2CCN3CCCC23)CC1. The standard InChI is InChI=1S/C18H34N2/c1-18(2,3)15-8-6-14(7-9-15)13-19-16-10-12-20-11-4-5-17(16)20/h14-17,19H,4-13H2,1-3H3. The van der Waals surface area contributed by atoms with Crippen molar-refractivity contribution >= 4 is 0 Å². The smallest absolute Gasteiger partial charge is 0.0250 e. The second-order valence-electron chi connectivity index (χ2n) is 8.63. The van der Waals surface area contributed by atoms with E-state index in [-0.39, 0.29) is 0 Å². The van der Waals surface area contributed by atoms with E-state index < -0.39 is 0 Å². The van der Waals surface area contributed by atoms with E-state index in [0.29, 0.717) is 5.41 Å². The van der Waals surface area contributed by atoms with Gasteiger partial charge in [0, 0.05) is 18.6 Å². The van der Waals surface area contributed by atoms with Crippen LogP contribution in [0.5, 0.6) is 0 Å². The fourth-order valence-electron chi connectivity index (χ4n) is 4.87. The lowest BCUT2D eigenvalue weighted by molar-refractivity contribution is 0.146. The van der Waals surface area contributed by atoms with Gasteiger partial charge in [0.25, 0.3) is 0 Å². The first-order valence-corrected chi connectivity index (χ1v) is 9.01. The van der Waals surface area contributed by atoms with E-state index in [9.17, 15) is 0 Å². The molecule has 2 atom stereocenters. The van der Waals surface area contributed by atoms with Gasteiger partial charge >= 0.3 is 0 Å². The number of nitrogens with one attached hydrogen (secondary N) is 1. The molecule has 0 radical (unpaired) electrons. The summed E-state index contributed by atoms with van der Waals surface area (Å²) in [7, 11) is 0. The molecule has 0 aromatic rings. The Labute approximate surface area is 125 Å². The van der Waals surface area contributed by atoms with Crippen molar-refractivity contribution < 1.29 is 0 Å². The normalized spacial score (nSPS) is 39.1. The summed E-state index contributed by atoms with van der Waals surface area (Å²) < 4.78 is 0. The second kappa shape index (κ2) is 5.96. The Kier molecular flexibility index (Phi) is 4.42. The Balaban J connectivity index is 1.40. The van der Waals surface area contributed by atoms with Gasteiger partial charge in [0.2, 0.25) is 0 Å². The molecule has 0 aromatic heterocycles. The first-order chi connectivity index (χ1) is 9.54. The average molecular weight is 278 g/mol. The molecule has 2 aliphatic heterocycles. The van der Waals surface area contributed by atoms with Crippen molar-refractivity contribution in [3.05, 3.63) is 0 Å². The number of nitrogens with zero attached hydrogens (tertiary/aromatic N) is 1. The summed E-state index contributed by atoms with van der Waals surface area (Å²) in [6, 6.07) is 1.68. The summed E-state index contributed by atoms with van der Waals surface area (Å²) in [4.78, 5) is 2.72. The van der Waals surface area contributed by atoms with Gasteiger partial charge in [0.1, 0.15) is 0 Å². The molecule has 2 unspecified atom stereocenters. The number of fused-ring (bicyclic) bond motifs is 1. The summed E-state index contributed by atoms with van der Waals surface area (Å²) in [6.45, 7) is 11.3. The number of hydrogen-bond acceptors (Lipinski definition) is 2. The van der Waals surface area contributed by atoms with Crippen molar-refractivity contribution in [1.29, 1.82) is 0 Å². The quantitative estimate of drug-likeness (QED) is 0.847. The van der Waals surface area contributed by atoms with Crippen LogP contribution in [0.3, 0.4) is 0 Å². The average Bonchev–Trinajstić information content (AvgIpc) is 2.99. The van der Waals surface area contributed by atoms with Gasteiger partial charge in [-0.1, -0.05) is 20.8 Å². The molecule has 0 bridgehead atoms. The molecule has 2 nitrogen and oxygen atoms in total. The summed E-state index contributed by atoms with van der Waals surface area (Å²) >= 11 is 0. The van der Waals surface area contributed by atoms with Crippen LogP contribution in [0.4, 0.5) is 0 Å². The van der Waals surface area contributed by atoms with Crippen molar-refractivity contribution in [2.45, 2.75) is 77.8 Å². The highest BCUT2D eigenvalue weighted by Gasteiger charge is 2.37. The van der Waals surface area contributed by atoms with Gasteiger partial charge < -0.3 is 5.32 Å². The van der Waals surface area contributed by atoms with Crippen molar-refractivity contribution in [3.8, 4) is 0 Å². The third-order valence-electron chi connectivity index (χ3n) is 6.35. The minimum atomic E-state index is 0.522. The summed E-state index contributed by atoms with van der Waals surface area (Å²) in [6.07, 6.45) is 10.1. The zero-order valence-electron chi connectivity index (χ0n) is 13.8. The molecule has 2 heteroatoms. The molecule has 0 amide bonds. The van der Waals surface area contributed by atoms with Crippen LogP contribution in [-0.4, -0.2) is 36.6 Å². The van der Waals surface area contributed by atoms with E-state index >= 15 is 0 Å². The van der Waals surface area contributed by atoms with E-state index in [2.05, 4.69) is 31.0 Å². The predicted molar refractivity (Wildman–Crippen MR) is 85.9 cm³/mol. The monoisotopic (exact) mass is 278 g/mol. The molecular weight excluding hydrogens is 244 g/mol. The Bertz CT molecular complexity index is 312. The minimum absolute atomic E-state index is 0.522. The molecule has 1 aliphatic carbocycles. The number of hydrogen-bond donors (Lipinski definition) is 1. The van der Waals surface area contributed by atoms with Crippen LogP contribution in [0, 0.1) is 17.3 Å². The van der Waals surface area contributed by atoms with E-state index in [1.54, 1.807) is 0 Å². The highest BCUT2D eigenvalue weighted by Crippen LogP contribution is 2.39. The fourth-order valence-corrected chi connectivity index (χ4v) is 4.87. The molecule has 2 heterocycles. The van der Waals surface area contributed by atoms with Crippen molar-refractivity contribution in [2.24, 2.45) is 17.3 Å². The third-order valence-corrected chi connectivity index (χ3v) is 6.35. The van der Waals surface area contributed by atoms with Gasteiger partial charge in [-0.25, -0.2) is 0 Å². The maximum atomic E-state index is 3.93. The van der Waals surface area contributed by atoms with Crippen molar-refractivity contribution in [2.75, 3.05) is 19.6 Å². The molecule has 1 N–H and O–H groups in total. The second-order valence-corrected chi connectivity index (χ2v) is 8.63. The van der Waals surface area contributed by atoms with E-state index in [4.69, 9.17) is 0 Å². The van der Waals surface area contributed by atoms with Crippen LogP contribution in [0.25, 0.3) is 0 Å². The summed E-state index contributed by atoms with van der Waals surface area (Å²) in [5.41, 5.74) is 0.522. The van der Waals surface area contributed by atoms with Crippen LogP contribution < -0.4 is 5.32 Å². The van der Waals surface area contributed by atoms with Crippen LogP contribution >= 0.6 is 0 Å². The van der Waals surface area contributed by atoms with E-state index in [0.717, 1.165) is 23.9 Å². The van der Waals surface area contributed by atoms with Gasteiger partial charge in [-0.3, -0.25) is 4.90 Å². The number of rotatable bonds is 3. The topological polar surface area (TPSA) is 15.3 Å². The zero-order valence-corrected chi connectivity index (χ0v) is 13.8. The molecule has 3 rings (SSSR count). The zero-order chi connectivity index (χ0) is 14.2. The highest BCUT2D eigenvalue weighted by molar-refractivity contribution is 4.96. The first-order valence-electron chi connectivity index (χ1n) is 9.01. The van der Waals surface area contributed by atoms with Crippen LogP contribution in [0.2, 0.25) is 0 Å². The molecule has 20 heavy (non-hydrogen) atoms. The maximum absolute atomic E-state index is 3.93. The highest BCUT2D eigenvalue weighted by atomic mass is 15.2. The lowest BCUT2D eigenvalue weighted by atomic mass is 9.70. The summed E-state index contributed by atoms with van der Waals surface area (Å²) in [5, 5.41) is 3.93. The van der Waals surface area contributed by atoms with Crippen LogP contribution in [0.15, 0.2) is 0 Å². The lowest BCUT2D eigenvalue weighted by Crippen LogP contribution is -2.42. The van der Waals surface area contributed by atoms with E-state index in [1.807, 2.05) is 0 Å². The van der Waals surface area contributed by atoms with Crippen molar-refractivity contribution in [1.82, 2.24) is 10.2 Å². The van der Waals surface area contributed by atoms with Gasteiger partial charge in [-0.2, -0.15) is 0 Å². The molecule has 0 aromatic carbocycles.